The number of hydrogen-bond donors (Lipinski definition) is 1. The molecule has 0 fully saturated rings. The zero-order chi connectivity index (χ0) is 14.0. The molecule has 0 bridgehead atoms. The van der Waals surface area contributed by atoms with Gasteiger partial charge in [0.1, 0.15) is 0 Å². The third-order valence-corrected chi connectivity index (χ3v) is 4.63. The van der Waals surface area contributed by atoms with Crippen molar-refractivity contribution in [2.24, 2.45) is 0 Å². The van der Waals surface area contributed by atoms with Crippen LogP contribution in [0, 0.1) is 13.8 Å². The molecule has 0 aromatic heterocycles. The number of carboxylic acids is 1. The van der Waals surface area contributed by atoms with E-state index in [1.54, 1.807) is 6.07 Å². The van der Waals surface area contributed by atoms with Gasteiger partial charge in [-0.25, -0.2) is 4.79 Å². The molecule has 2 aromatic rings. The average Bonchev–Trinajstić information content (AvgIpc) is 2.33. The third-order valence-electron chi connectivity index (χ3n) is 2.75. The summed E-state index contributed by atoms with van der Waals surface area (Å²) in [6.07, 6.45) is 0. The molecule has 0 aliphatic rings. The molecule has 2 rings (SSSR count). The van der Waals surface area contributed by atoms with Gasteiger partial charge >= 0.3 is 5.97 Å². The quantitative estimate of drug-likeness (QED) is 0.864. The number of rotatable bonds is 3. The van der Waals surface area contributed by atoms with E-state index in [1.807, 2.05) is 26.0 Å². The van der Waals surface area contributed by atoms with Gasteiger partial charge < -0.3 is 5.11 Å². The van der Waals surface area contributed by atoms with E-state index in [9.17, 15) is 9.90 Å². The first-order valence-electron chi connectivity index (χ1n) is 5.76. The Kier molecular flexibility index (Phi) is 4.32. The van der Waals surface area contributed by atoms with Gasteiger partial charge in [-0.1, -0.05) is 30.0 Å². The summed E-state index contributed by atoms with van der Waals surface area (Å²) in [7, 11) is 0. The molecular weight excluding hydrogens is 324 g/mol. The van der Waals surface area contributed by atoms with Crippen LogP contribution >= 0.6 is 27.7 Å². The number of halogens is 1. The number of aryl methyl sites for hydroxylation is 2. The van der Waals surface area contributed by atoms with Crippen LogP contribution in [0.5, 0.6) is 0 Å². The number of carboxylic acid groups (broad SMARTS) is 1. The lowest BCUT2D eigenvalue weighted by atomic mass is 10.2. The highest BCUT2D eigenvalue weighted by molar-refractivity contribution is 9.10. The SMILES string of the molecule is Cc1ccc(C)c(Sc2cccc(Br)c2C(=O)O)c1. The maximum atomic E-state index is 11.3. The smallest absolute Gasteiger partial charge is 0.338 e. The molecule has 0 spiro atoms. The molecule has 2 aromatic carbocycles. The zero-order valence-corrected chi connectivity index (χ0v) is 13.0. The Bertz CT molecular complexity index is 638. The highest BCUT2D eigenvalue weighted by Gasteiger charge is 2.15. The fraction of sp³-hybridized carbons (Fsp3) is 0.133. The largest absolute Gasteiger partial charge is 0.478 e. The van der Waals surface area contributed by atoms with Crippen LogP contribution in [-0.4, -0.2) is 11.1 Å². The average molecular weight is 337 g/mol. The van der Waals surface area contributed by atoms with Crippen LogP contribution in [-0.2, 0) is 0 Å². The fourth-order valence-corrected chi connectivity index (χ4v) is 3.56. The maximum absolute atomic E-state index is 11.3. The Morgan fingerprint density at radius 2 is 1.89 bits per heavy atom. The number of hydrogen-bond acceptors (Lipinski definition) is 2. The molecule has 0 saturated carbocycles. The summed E-state index contributed by atoms with van der Waals surface area (Å²) in [6, 6.07) is 11.6. The molecule has 4 heteroatoms. The maximum Gasteiger partial charge on any atom is 0.338 e. The first kappa shape index (κ1) is 14.2. The molecule has 0 aliphatic carbocycles. The standard InChI is InChI=1S/C15H13BrO2S/c1-9-6-7-10(2)13(8-9)19-12-5-3-4-11(16)14(12)15(17)18/h3-8H,1-2H3,(H,17,18). The van der Waals surface area contributed by atoms with Crippen molar-refractivity contribution >= 4 is 33.7 Å². The van der Waals surface area contributed by atoms with Crippen LogP contribution in [0.2, 0.25) is 0 Å². The predicted molar refractivity (Wildman–Crippen MR) is 81.1 cm³/mol. The molecule has 98 valence electrons. The lowest BCUT2D eigenvalue weighted by Crippen LogP contribution is -2.00. The van der Waals surface area contributed by atoms with Gasteiger partial charge in [-0.3, -0.25) is 0 Å². The van der Waals surface area contributed by atoms with E-state index in [2.05, 4.69) is 34.1 Å². The van der Waals surface area contributed by atoms with Crippen LogP contribution in [0.15, 0.2) is 50.7 Å². The number of carbonyl (C=O) groups is 1. The predicted octanol–water partition coefficient (Wildman–Crippen LogP) is 4.92. The molecule has 0 atom stereocenters. The van der Waals surface area contributed by atoms with Crippen molar-refractivity contribution in [2.45, 2.75) is 23.6 Å². The van der Waals surface area contributed by atoms with E-state index in [0.717, 1.165) is 15.4 Å². The van der Waals surface area contributed by atoms with E-state index in [0.29, 0.717) is 10.0 Å². The molecule has 0 aliphatic heterocycles. The highest BCUT2D eigenvalue weighted by atomic mass is 79.9. The third kappa shape index (κ3) is 3.19. The normalized spacial score (nSPS) is 10.5. The second-order valence-corrected chi connectivity index (χ2v) is 6.23. The lowest BCUT2D eigenvalue weighted by molar-refractivity contribution is 0.0692. The van der Waals surface area contributed by atoms with Crippen LogP contribution < -0.4 is 0 Å². The van der Waals surface area contributed by atoms with Gasteiger partial charge in [0, 0.05) is 14.3 Å². The molecule has 0 unspecified atom stereocenters. The van der Waals surface area contributed by atoms with Crippen LogP contribution in [0.3, 0.4) is 0 Å². The van der Waals surface area contributed by atoms with Crippen LogP contribution in [0.1, 0.15) is 21.5 Å². The zero-order valence-electron chi connectivity index (χ0n) is 10.6. The summed E-state index contributed by atoms with van der Waals surface area (Å²) in [5.74, 6) is -0.916. The van der Waals surface area contributed by atoms with Crippen LogP contribution in [0.25, 0.3) is 0 Å². The molecule has 19 heavy (non-hydrogen) atoms. The summed E-state index contributed by atoms with van der Waals surface area (Å²) >= 11 is 4.79. The van der Waals surface area contributed by atoms with E-state index in [4.69, 9.17) is 0 Å². The fourth-order valence-electron chi connectivity index (χ4n) is 1.73. The van der Waals surface area contributed by atoms with Crippen molar-refractivity contribution in [1.82, 2.24) is 0 Å². The van der Waals surface area contributed by atoms with Gasteiger partial charge in [-0.05, 0) is 59.1 Å². The van der Waals surface area contributed by atoms with Gasteiger partial charge in [0.05, 0.1) is 5.56 Å². The van der Waals surface area contributed by atoms with Crippen molar-refractivity contribution in [3.8, 4) is 0 Å². The summed E-state index contributed by atoms with van der Waals surface area (Å²) < 4.78 is 0.607. The Balaban J connectivity index is 2.46. The van der Waals surface area contributed by atoms with E-state index >= 15 is 0 Å². The van der Waals surface area contributed by atoms with Crippen molar-refractivity contribution in [2.75, 3.05) is 0 Å². The summed E-state index contributed by atoms with van der Waals surface area (Å²) in [6.45, 7) is 4.06. The molecule has 1 N–H and O–H groups in total. The molecule has 0 radical (unpaired) electrons. The molecule has 0 amide bonds. The highest BCUT2D eigenvalue weighted by Crippen LogP contribution is 2.35. The molecule has 0 heterocycles. The second kappa shape index (κ2) is 5.80. The lowest BCUT2D eigenvalue weighted by Gasteiger charge is -2.10. The first-order chi connectivity index (χ1) is 8.99. The Hall–Kier alpha value is -1.26. The van der Waals surface area contributed by atoms with Gasteiger partial charge in [0.25, 0.3) is 0 Å². The summed E-state index contributed by atoms with van der Waals surface area (Å²) in [4.78, 5) is 13.2. The molecule has 2 nitrogen and oxygen atoms in total. The summed E-state index contributed by atoms with van der Waals surface area (Å²) in [5.41, 5.74) is 2.63. The van der Waals surface area contributed by atoms with Gasteiger partial charge in [-0.2, -0.15) is 0 Å². The second-order valence-electron chi connectivity index (χ2n) is 4.29. The van der Waals surface area contributed by atoms with Crippen molar-refractivity contribution in [3.05, 3.63) is 57.6 Å². The molecule has 0 saturated heterocycles. The minimum atomic E-state index is -0.916. The summed E-state index contributed by atoms with van der Waals surface area (Å²) in [5, 5.41) is 9.31. The van der Waals surface area contributed by atoms with E-state index in [1.165, 1.54) is 17.3 Å². The molecular formula is C15H13BrO2S. The monoisotopic (exact) mass is 336 g/mol. The Morgan fingerprint density at radius 3 is 2.58 bits per heavy atom. The van der Waals surface area contributed by atoms with Crippen LogP contribution in [0.4, 0.5) is 0 Å². The van der Waals surface area contributed by atoms with Gasteiger partial charge in [0.15, 0.2) is 0 Å². The van der Waals surface area contributed by atoms with E-state index < -0.39 is 5.97 Å². The minimum Gasteiger partial charge on any atom is -0.478 e. The van der Waals surface area contributed by atoms with Crippen molar-refractivity contribution in [3.63, 3.8) is 0 Å². The number of aromatic carboxylic acids is 1. The first-order valence-corrected chi connectivity index (χ1v) is 7.37. The Labute approximate surface area is 125 Å². The van der Waals surface area contributed by atoms with Crippen molar-refractivity contribution in [1.29, 1.82) is 0 Å². The minimum absolute atomic E-state index is 0.313. The Morgan fingerprint density at radius 1 is 1.16 bits per heavy atom. The van der Waals surface area contributed by atoms with E-state index in [-0.39, 0.29) is 0 Å². The van der Waals surface area contributed by atoms with Gasteiger partial charge in [0.2, 0.25) is 0 Å². The topological polar surface area (TPSA) is 37.3 Å². The number of benzene rings is 2. The van der Waals surface area contributed by atoms with Crippen molar-refractivity contribution < 1.29 is 9.90 Å². The van der Waals surface area contributed by atoms with Gasteiger partial charge in [-0.15, -0.1) is 0 Å².